The highest BCUT2D eigenvalue weighted by Gasteiger charge is 2.19. The number of unbranched alkanes of at least 4 members (excludes halogenated alkanes) is 31. The van der Waals surface area contributed by atoms with Gasteiger partial charge in [-0.1, -0.05) is 273 Å². The molecular formula is C66H114O6. The van der Waals surface area contributed by atoms with Crippen molar-refractivity contribution in [1.82, 2.24) is 0 Å². The lowest BCUT2D eigenvalue weighted by Crippen LogP contribution is -2.30. The molecule has 0 rings (SSSR count). The lowest BCUT2D eigenvalue weighted by atomic mass is 10.0. The Morgan fingerprint density at radius 3 is 0.972 bits per heavy atom. The zero-order valence-electron chi connectivity index (χ0n) is 47.4. The van der Waals surface area contributed by atoms with E-state index in [1.807, 2.05) is 0 Å². The number of ether oxygens (including phenoxy) is 3. The van der Waals surface area contributed by atoms with Gasteiger partial charge < -0.3 is 14.2 Å². The van der Waals surface area contributed by atoms with E-state index in [9.17, 15) is 14.4 Å². The Morgan fingerprint density at radius 1 is 0.306 bits per heavy atom. The van der Waals surface area contributed by atoms with Crippen molar-refractivity contribution >= 4 is 17.9 Å². The first kappa shape index (κ1) is 68.6. The normalized spacial score (nSPS) is 12.7. The number of allylic oxidation sites excluding steroid dienone is 14. The number of carbonyl (C=O) groups is 3. The standard InChI is InChI=1S/C66H114O6/c1-4-7-10-13-16-19-22-25-28-31-33-35-38-41-44-47-50-53-56-59-65(68)71-62-63(61-70-64(67)58-55-52-49-46-43-40-37-30-27-24-21-18-15-12-9-6-3)72-66(69)60-57-54-51-48-45-42-39-36-34-32-29-26-23-20-17-14-11-8-5-2/h7,10,16-17,19-20,23,25-26,28,33,35,41,44,63H,4-6,8-9,11-15,18,21-22,24,27,29-32,34,36-40,42-43,45-62H2,1-3H3/b10-7-,19-16-,20-17-,26-23-,28-25-,35-33-,44-41-. The van der Waals surface area contributed by atoms with E-state index in [4.69, 9.17) is 14.2 Å². The molecule has 0 N–H and O–H groups in total. The van der Waals surface area contributed by atoms with Gasteiger partial charge in [-0.05, 0) is 89.9 Å². The summed E-state index contributed by atoms with van der Waals surface area (Å²) >= 11 is 0. The molecule has 0 fully saturated rings. The summed E-state index contributed by atoms with van der Waals surface area (Å²) in [7, 11) is 0. The van der Waals surface area contributed by atoms with Gasteiger partial charge in [0.15, 0.2) is 6.10 Å². The minimum atomic E-state index is -0.792. The van der Waals surface area contributed by atoms with E-state index < -0.39 is 6.10 Å². The molecule has 0 aliphatic heterocycles. The van der Waals surface area contributed by atoms with Crippen molar-refractivity contribution in [3.05, 3.63) is 85.1 Å². The predicted molar refractivity (Wildman–Crippen MR) is 311 cm³/mol. The zero-order chi connectivity index (χ0) is 52.2. The summed E-state index contributed by atoms with van der Waals surface area (Å²) in [4.78, 5) is 38.3. The minimum absolute atomic E-state index is 0.0861. The van der Waals surface area contributed by atoms with E-state index in [0.717, 1.165) is 96.3 Å². The Morgan fingerprint density at radius 2 is 0.583 bits per heavy atom. The first-order chi connectivity index (χ1) is 35.5. The smallest absolute Gasteiger partial charge is 0.306 e. The van der Waals surface area contributed by atoms with Crippen LogP contribution in [0.1, 0.15) is 297 Å². The molecule has 0 saturated carbocycles. The van der Waals surface area contributed by atoms with Gasteiger partial charge in [-0.15, -0.1) is 0 Å². The molecule has 0 saturated heterocycles. The second-order valence-electron chi connectivity index (χ2n) is 20.3. The largest absolute Gasteiger partial charge is 0.462 e. The van der Waals surface area contributed by atoms with Gasteiger partial charge in [0.2, 0.25) is 0 Å². The Bertz CT molecular complexity index is 1380. The first-order valence-electron chi connectivity index (χ1n) is 30.6. The van der Waals surface area contributed by atoms with Crippen molar-refractivity contribution < 1.29 is 28.6 Å². The van der Waals surface area contributed by atoms with E-state index >= 15 is 0 Å². The highest BCUT2D eigenvalue weighted by Crippen LogP contribution is 2.16. The summed E-state index contributed by atoms with van der Waals surface area (Å²) in [6, 6.07) is 0. The summed E-state index contributed by atoms with van der Waals surface area (Å²) in [5.74, 6) is -0.911. The average Bonchev–Trinajstić information content (AvgIpc) is 3.38. The number of hydrogen-bond acceptors (Lipinski definition) is 6. The fraction of sp³-hybridized carbons (Fsp3) is 0.742. The van der Waals surface area contributed by atoms with Gasteiger partial charge in [-0.3, -0.25) is 14.4 Å². The molecule has 414 valence electrons. The highest BCUT2D eigenvalue weighted by atomic mass is 16.6. The Balaban J connectivity index is 4.43. The molecule has 1 atom stereocenters. The van der Waals surface area contributed by atoms with E-state index in [-0.39, 0.29) is 31.1 Å². The van der Waals surface area contributed by atoms with Gasteiger partial charge in [0, 0.05) is 19.3 Å². The van der Waals surface area contributed by atoms with Crippen LogP contribution >= 0.6 is 0 Å². The van der Waals surface area contributed by atoms with Crippen molar-refractivity contribution in [2.75, 3.05) is 13.2 Å². The van der Waals surface area contributed by atoms with E-state index in [1.54, 1.807) is 0 Å². The van der Waals surface area contributed by atoms with Crippen LogP contribution in [0.25, 0.3) is 0 Å². The van der Waals surface area contributed by atoms with Gasteiger partial charge in [-0.2, -0.15) is 0 Å². The first-order valence-corrected chi connectivity index (χ1v) is 30.6. The van der Waals surface area contributed by atoms with Gasteiger partial charge in [0.1, 0.15) is 13.2 Å². The highest BCUT2D eigenvalue weighted by molar-refractivity contribution is 5.71. The topological polar surface area (TPSA) is 78.9 Å². The summed E-state index contributed by atoms with van der Waals surface area (Å²) in [5, 5.41) is 0. The summed E-state index contributed by atoms with van der Waals surface area (Å²) < 4.78 is 16.9. The second-order valence-corrected chi connectivity index (χ2v) is 20.3. The summed E-state index contributed by atoms with van der Waals surface area (Å²) in [5.41, 5.74) is 0. The molecule has 0 bridgehead atoms. The van der Waals surface area contributed by atoms with E-state index in [2.05, 4.69) is 106 Å². The van der Waals surface area contributed by atoms with Crippen molar-refractivity contribution in [2.24, 2.45) is 0 Å². The Kier molecular flexibility index (Phi) is 57.3. The number of hydrogen-bond donors (Lipinski definition) is 0. The molecule has 0 aliphatic carbocycles. The van der Waals surface area contributed by atoms with Crippen molar-refractivity contribution in [2.45, 2.75) is 303 Å². The molecule has 0 aromatic carbocycles. The molecule has 6 heteroatoms. The lowest BCUT2D eigenvalue weighted by molar-refractivity contribution is -0.167. The molecule has 0 aromatic rings. The van der Waals surface area contributed by atoms with Crippen LogP contribution < -0.4 is 0 Å². The number of carbonyl (C=O) groups excluding carboxylic acids is 3. The molecule has 0 radical (unpaired) electrons. The zero-order valence-corrected chi connectivity index (χ0v) is 47.4. The van der Waals surface area contributed by atoms with Crippen LogP contribution in [-0.2, 0) is 28.6 Å². The predicted octanol–water partition coefficient (Wildman–Crippen LogP) is 20.7. The third-order valence-corrected chi connectivity index (χ3v) is 13.2. The van der Waals surface area contributed by atoms with Crippen LogP contribution in [0.2, 0.25) is 0 Å². The maximum absolute atomic E-state index is 12.9. The SMILES string of the molecule is CC/C=C\C/C=C\C/C=C\C/C=C\C/C=C\CCCCCC(=O)OCC(COC(=O)CCCCCCCCCCCCCCCCCC)OC(=O)CCCCCCCCCCCC/C=C\C=C/CCCCC. The fourth-order valence-electron chi connectivity index (χ4n) is 8.58. The maximum Gasteiger partial charge on any atom is 0.306 e. The van der Waals surface area contributed by atoms with Gasteiger partial charge in [-0.25, -0.2) is 0 Å². The monoisotopic (exact) mass is 1000 g/mol. The molecule has 0 aromatic heterocycles. The molecule has 1 unspecified atom stereocenters. The number of rotatable bonds is 55. The van der Waals surface area contributed by atoms with Crippen molar-refractivity contribution in [3.63, 3.8) is 0 Å². The molecule has 0 heterocycles. The fourth-order valence-corrected chi connectivity index (χ4v) is 8.58. The van der Waals surface area contributed by atoms with Gasteiger partial charge in [0.05, 0.1) is 0 Å². The van der Waals surface area contributed by atoms with Crippen LogP contribution in [0.15, 0.2) is 85.1 Å². The van der Waals surface area contributed by atoms with Crippen molar-refractivity contribution in [1.29, 1.82) is 0 Å². The van der Waals surface area contributed by atoms with Crippen molar-refractivity contribution in [3.8, 4) is 0 Å². The Hall–Kier alpha value is -3.41. The average molecular weight is 1000 g/mol. The third-order valence-electron chi connectivity index (χ3n) is 13.2. The van der Waals surface area contributed by atoms with Crippen LogP contribution in [-0.4, -0.2) is 37.2 Å². The van der Waals surface area contributed by atoms with Gasteiger partial charge >= 0.3 is 17.9 Å². The third kappa shape index (κ3) is 57.5. The Labute approximate surface area is 445 Å². The van der Waals surface area contributed by atoms with E-state index in [0.29, 0.717) is 19.3 Å². The molecule has 72 heavy (non-hydrogen) atoms. The minimum Gasteiger partial charge on any atom is -0.462 e. The van der Waals surface area contributed by atoms with E-state index in [1.165, 1.54) is 161 Å². The molecular weight excluding hydrogens is 889 g/mol. The van der Waals surface area contributed by atoms with Crippen LogP contribution in [0.4, 0.5) is 0 Å². The summed E-state index contributed by atoms with van der Waals surface area (Å²) in [6.07, 6.45) is 78.6. The molecule has 0 amide bonds. The number of esters is 3. The summed E-state index contributed by atoms with van der Waals surface area (Å²) in [6.45, 7) is 6.50. The maximum atomic E-state index is 12.9. The molecule has 0 aliphatic rings. The lowest BCUT2D eigenvalue weighted by Gasteiger charge is -2.18. The molecule has 0 spiro atoms. The van der Waals surface area contributed by atoms with Crippen LogP contribution in [0.3, 0.4) is 0 Å². The quantitative estimate of drug-likeness (QED) is 0.0199. The van der Waals surface area contributed by atoms with Crippen LogP contribution in [0, 0.1) is 0 Å². The second kappa shape index (κ2) is 60.1. The van der Waals surface area contributed by atoms with Gasteiger partial charge in [0.25, 0.3) is 0 Å². The molecule has 6 nitrogen and oxygen atoms in total. The van der Waals surface area contributed by atoms with Crippen LogP contribution in [0.5, 0.6) is 0 Å².